The number of sulfonamides is 1. The minimum atomic E-state index is -3.62. The maximum Gasteiger partial charge on any atom is 0.263 e. The molecule has 3 aromatic rings. The summed E-state index contributed by atoms with van der Waals surface area (Å²) in [5, 5.41) is 2.12. The zero-order valence-electron chi connectivity index (χ0n) is 14.3. The fourth-order valence-corrected chi connectivity index (χ4v) is 5.17. The molecule has 0 bridgehead atoms. The van der Waals surface area contributed by atoms with E-state index in [2.05, 4.69) is 33.7 Å². The Morgan fingerprint density at radius 2 is 2.00 bits per heavy atom. The van der Waals surface area contributed by atoms with Crippen molar-refractivity contribution in [2.75, 3.05) is 16.2 Å². The first kappa shape index (κ1) is 17.1. The van der Waals surface area contributed by atoms with Crippen molar-refractivity contribution in [3.63, 3.8) is 0 Å². The predicted molar refractivity (Wildman–Crippen MR) is 105 cm³/mol. The van der Waals surface area contributed by atoms with Gasteiger partial charge in [-0.15, -0.1) is 11.3 Å². The van der Waals surface area contributed by atoms with Crippen LogP contribution in [0.1, 0.15) is 24.1 Å². The van der Waals surface area contributed by atoms with Crippen LogP contribution in [0.15, 0.2) is 65.0 Å². The number of fused-ring (bicyclic) bond motifs is 1. The molecule has 4 rings (SSSR count). The molecule has 1 aromatic heterocycles. The second-order valence-corrected chi connectivity index (χ2v) is 8.84. The van der Waals surface area contributed by atoms with Crippen LogP contribution >= 0.6 is 11.3 Å². The molecule has 7 heteroatoms. The average Bonchev–Trinajstić information content (AvgIpc) is 3.30. The van der Waals surface area contributed by atoms with E-state index in [9.17, 15) is 8.42 Å². The fraction of sp³-hybridized carbons (Fsp3) is 0.211. The molecule has 0 spiro atoms. The van der Waals surface area contributed by atoms with Crippen molar-refractivity contribution in [1.29, 1.82) is 0 Å². The van der Waals surface area contributed by atoms with Crippen molar-refractivity contribution < 1.29 is 8.42 Å². The lowest BCUT2D eigenvalue weighted by Gasteiger charge is -2.27. The van der Waals surface area contributed by atoms with E-state index < -0.39 is 10.0 Å². The summed E-state index contributed by atoms with van der Waals surface area (Å²) in [5.41, 5.74) is 3.42. The molecule has 0 amide bonds. The van der Waals surface area contributed by atoms with Crippen LogP contribution in [0.3, 0.4) is 0 Å². The van der Waals surface area contributed by atoms with E-state index in [0.29, 0.717) is 5.13 Å². The first-order valence-corrected chi connectivity index (χ1v) is 10.8. The third kappa shape index (κ3) is 3.20. The van der Waals surface area contributed by atoms with Crippen LogP contribution in [0.25, 0.3) is 0 Å². The standard InChI is InChI=1S/C19H19N3O2S2/c1-14(15-5-3-2-4-6-15)22-11-9-16-13-17(7-8-18(16)22)26(23,24)21-19-20-10-12-25-19/h2-8,10,12-14H,9,11H2,1H3,(H,20,21). The van der Waals surface area contributed by atoms with Gasteiger partial charge in [0.25, 0.3) is 10.0 Å². The molecule has 1 atom stereocenters. The van der Waals surface area contributed by atoms with E-state index in [1.807, 2.05) is 24.3 Å². The van der Waals surface area contributed by atoms with E-state index in [1.54, 1.807) is 23.7 Å². The van der Waals surface area contributed by atoms with Gasteiger partial charge in [0, 0.05) is 23.8 Å². The minimum Gasteiger partial charge on any atom is -0.364 e. The van der Waals surface area contributed by atoms with Crippen LogP contribution in [0, 0.1) is 0 Å². The summed E-state index contributed by atoms with van der Waals surface area (Å²) in [5.74, 6) is 0. The lowest BCUT2D eigenvalue weighted by molar-refractivity contribution is 0.601. The molecule has 26 heavy (non-hydrogen) atoms. The molecular formula is C19H19N3O2S2. The fourth-order valence-electron chi connectivity index (χ4n) is 3.33. The Hall–Kier alpha value is -2.38. The lowest BCUT2D eigenvalue weighted by atomic mass is 10.1. The van der Waals surface area contributed by atoms with Gasteiger partial charge in [0.05, 0.1) is 10.9 Å². The van der Waals surface area contributed by atoms with Crippen LogP contribution in [0.4, 0.5) is 10.8 Å². The Labute approximate surface area is 157 Å². The van der Waals surface area contributed by atoms with E-state index in [4.69, 9.17) is 0 Å². The van der Waals surface area contributed by atoms with Crippen molar-refractivity contribution in [2.45, 2.75) is 24.3 Å². The highest BCUT2D eigenvalue weighted by Crippen LogP contribution is 2.36. The highest BCUT2D eigenvalue weighted by Gasteiger charge is 2.26. The molecule has 0 aliphatic carbocycles. The molecule has 1 aliphatic heterocycles. The Kier molecular flexibility index (Phi) is 4.42. The molecule has 134 valence electrons. The number of benzene rings is 2. The van der Waals surface area contributed by atoms with Gasteiger partial charge in [-0.25, -0.2) is 13.4 Å². The Morgan fingerprint density at radius 3 is 2.73 bits per heavy atom. The van der Waals surface area contributed by atoms with Gasteiger partial charge < -0.3 is 4.90 Å². The monoisotopic (exact) mass is 385 g/mol. The van der Waals surface area contributed by atoms with Crippen LogP contribution in [0.5, 0.6) is 0 Å². The van der Waals surface area contributed by atoms with Gasteiger partial charge in [-0.05, 0) is 42.7 Å². The molecule has 1 N–H and O–H groups in total. The molecule has 0 radical (unpaired) electrons. The largest absolute Gasteiger partial charge is 0.364 e. The topological polar surface area (TPSA) is 62.3 Å². The summed E-state index contributed by atoms with van der Waals surface area (Å²) >= 11 is 1.26. The molecule has 0 fully saturated rings. The molecule has 1 aliphatic rings. The van der Waals surface area contributed by atoms with Gasteiger partial charge >= 0.3 is 0 Å². The van der Waals surface area contributed by atoms with Crippen LogP contribution < -0.4 is 9.62 Å². The lowest BCUT2D eigenvalue weighted by Crippen LogP contribution is -2.24. The summed E-state index contributed by atoms with van der Waals surface area (Å²) in [7, 11) is -3.62. The van der Waals surface area contributed by atoms with Crippen molar-refractivity contribution in [1.82, 2.24) is 4.98 Å². The van der Waals surface area contributed by atoms with Crippen molar-refractivity contribution in [3.8, 4) is 0 Å². The van der Waals surface area contributed by atoms with E-state index in [0.717, 1.165) is 24.2 Å². The number of aromatic nitrogens is 1. The quantitative estimate of drug-likeness (QED) is 0.719. The molecule has 2 heterocycles. The van der Waals surface area contributed by atoms with Gasteiger partial charge in [0.1, 0.15) is 0 Å². The summed E-state index contributed by atoms with van der Waals surface area (Å²) in [6.07, 6.45) is 2.42. The maximum absolute atomic E-state index is 12.6. The molecule has 0 saturated heterocycles. The number of thiazole rings is 1. The Balaban J connectivity index is 1.61. The van der Waals surface area contributed by atoms with E-state index >= 15 is 0 Å². The average molecular weight is 386 g/mol. The third-order valence-corrected chi connectivity index (χ3v) is 6.85. The van der Waals surface area contributed by atoms with Gasteiger partial charge in [0.2, 0.25) is 0 Å². The number of nitrogens with zero attached hydrogens (tertiary/aromatic N) is 2. The van der Waals surface area contributed by atoms with Crippen LogP contribution in [-0.2, 0) is 16.4 Å². The first-order valence-electron chi connectivity index (χ1n) is 8.41. The van der Waals surface area contributed by atoms with Crippen LogP contribution in [-0.4, -0.2) is 19.9 Å². The molecule has 5 nitrogen and oxygen atoms in total. The Morgan fingerprint density at radius 1 is 1.19 bits per heavy atom. The van der Waals surface area contributed by atoms with E-state index in [1.165, 1.54) is 16.9 Å². The summed E-state index contributed by atoms with van der Waals surface area (Å²) < 4.78 is 27.7. The predicted octanol–water partition coefficient (Wildman–Crippen LogP) is 4.07. The van der Waals surface area contributed by atoms with E-state index in [-0.39, 0.29) is 10.9 Å². The third-order valence-electron chi connectivity index (χ3n) is 4.70. The van der Waals surface area contributed by atoms with Crippen molar-refractivity contribution >= 4 is 32.2 Å². The zero-order chi connectivity index (χ0) is 18.1. The summed E-state index contributed by atoms with van der Waals surface area (Å²) in [6, 6.07) is 16.0. The number of anilines is 2. The number of hydrogen-bond donors (Lipinski definition) is 1. The molecular weight excluding hydrogens is 366 g/mol. The highest BCUT2D eigenvalue weighted by atomic mass is 32.2. The molecule has 2 aromatic carbocycles. The number of hydrogen-bond acceptors (Lipinski definition) is 5. The second-order valence-electron chi connectivity index (χ2n) is 6.26. The normalized spacial score (nSPS) is 14.9. The van der Waals surface area contributed by atoms with Gasteiger partial charge in [-0.1, -0.05) is 30.3 Å². The Bertz CT molecular complexity index is 1000. The van der Waals surface area contributed by atoms with Crippen molar-refractivity contribution in [3.05, 3.63) is 71.2 Å². The zero-order valence-corrected chi connectivity index (χ0v) is 15.9. The van der Waals surface area contributed by atoms with Crippen LogP contribution in [0.2, 0.25) is 0 Å². The minimum absolute atomic E-state index is 0.244. The summed E-state index contributed by atoms with van der Waals surface area (Å²) in [6.45, 7) is 3.06. The summed E-state index contributed by atoms with van der Waals surface area (Å²) in [4.78, 5) is 6.60. The van der Waals surface area contributed by atoms with Crippen molar-refractivity contribution in [2.24, 2.45) is 0 Å². The SMILES string of the molecule is CC(c1ccccc1)N1CCc2cc(S(=O)(=O)Nc3nccs3)ccc21. The highest BCUT2D eigenvalue weighted by molar-refractivity contribution is 7.93. The number of nitrogens with one attached hydrogen (secondary N) is 1. The van der Waals surface area contributed by atoms with Gasteiger partial charge in [0.15, 0.2) is 5.13 Å². The second kappa shape index (κ2) is 6.74. The first-order chi connectivity index (χ1) is 12.5. The van der Waals surface area contributed by atoms with Gasteiger partial charge in [-0.3, -0.25) is 4.72 Å². The smallest absolute Gasteiger partial charge is 0.263 e. The maximum atomic E-state index is 12.6. The molecule has 1 unspecified atom stereocenters. The van der Waals surface area contributed by atoms with Gasteiger partial charge in [-0.2, -0.15) is 0 Å². The number of rotatable bonds is 5. The molecule has 0 saturated carbocycles.